The minimum Gasteiger partial charge on any atom is -0.419 e. The molecule has 0 saturated carbocycles. The van der Waals surface area contributed by atoms with Crippen molar-refractivity contribution in [2.24, 2.45) is 0 Å². The van der Waals surface area contributed by atoms with Gasteiger partial charge in [-0.15, -0.1) is 0 Å². The number of carbonyl (C=O) groups is 1. The van der Waals surface area contributed by atoms with Crippen molar-refractivity contribution in [3.8, 4) is 0 Å². The molecule has 5 rings (SSSR count). The number of halogens is 3. The Morgan fingerprint density at radius 3 is 2.82 bits per heavy atom. The number of carbonyl (C=O) groups excluding carboxylic acids is 1. The van der Waals surface area contributed by atoms with Crippen LogP contribution in [0, 0.1) is 5.82 Å². The fourth-order valence-electron chi connectivity index (χ4n) is 4.36. The number of rotatable bonds is 4. The fourth-order valence-corrected chi connectivity index (χ4v) is 4.36. The van der Waals surface area contributed by atoms with Gasteiger partial charge >= 0.3 is 6.61 Å². The summed E-state index contributed by atoms with van der Waals surface area (Å²) in [6.45, 7) is -1.37. The van der Waals surface area contributed by atoms with E-state index in [0.29, 0.717) is 36.5 Å². The Morgan fingerprint density at radius 2 is 2.06 bits per heavy atom. The average Bonchev–Trinajstić information content (AvgIpc) is 3.29. The summed E-state index contributed by atoms with van der Waals surface area (Å²) in [5.74, 6) is -0.966. The van der Waals surface area contributed by atoms with Gasteiger partial charge in [-0.3, -0.25) is 4.79 Å². The molecule has 4 heterocycles. The lowest BCUT2D eigenvalue weighted by molar-refractivity contribution is -0.101. The van der Waals surface area contributed by atoms with Crippen LogP contribution in [0.3, 0.4) is 0 Å². The number of hydrogen-bond donors (Lipinski definition) is 2. The van der Waals surface area contributed by atoms with Crippen molar-refractivity contribution in [1.82, 2.24) is 15.2 Å². The normalized spacial score (nSPS) is 20.4. The molecule has 8 nitrogen and oxygen atoms in total. The van der Waals surface area contributed by atoms with Crippen LogP contribution < -0.4 is 11.1 Å². The highest BCUT2D eigenvalue weighted by molar-refractivity contribution is 6.00. The Kier molecular flexibility index (Phi) is 5.59. The van der Waals surface area contributed by atoms with Crippen molar-refractivity contribution in [1.29, 1.82) is 0 Å². The van der Waals surface area contributed by atoms with Gasteiger partial charge in [-0.1, -0.05) is 6.08 Å². The molecular formula is C22H21F3N4O4. The van der Waals surface area contributed by atoms with E-state index in [1.165, 1.54) is 23.1 Å². The van der Waals surface area contributed by atoms with Crippen LogP contribution in [0.15, 0.2) is 35.7 Å². The van der Waals surface area contributed by atoms with Crippen molar-refractivity contribution in [2.75, 3.05) is 32.0 Å². The van der Waals surface area contributed by atoms with Crippen LogP contribution in [0.2, 0.25) is 0 Å². The molecule has 1 saturated heterocycles. The number of dihydropyridines is 1. The van der Waals surface area contributed by atoms with Crippen molar-refractivity contribution < 1.29 is 32.2 Å². The van der Waals surface area contributed by atoms with Gasteiger partial charge in [0.2, 0.25) is 0 Å². The third kappa shape index (κ3) is 3.98. The highest BCUT2D eigenvalue weighted by Gasteiger charge is 2.33. The van der Waals surface area contributed by atoms with Crippen LogP contribution >= 0.6 is 0 Å². The monoisotopic (exact) mass is 462 g/mol. The molecule has 3 aliphatic heterocycles. The van der Waals surface area contributed by atoms with E-state index in [2.05, 4.69) is 15.0 Å². The van der Waals surface area contributed by atoms with Crippen LogP contribution in [-0.2, 0) is 27.4 Å². The number of nitrogen functional groups attached to an aromatic ring is 1. The Labute approximate surface area is 186 Å². The molecule has 3 aliphatic rings. The number of amides is 1. The molecule has 1 fully saturated rings. The first kappa shape index (κ1) is 21.5. The van der Waals surface area contributed by atoms with E-state index >= 15 is 4.39 Å². The van der Waals surface area contributed by atoms with Crippen LogP contribution in [0.5, 0.6) is 0 Å². The van der Waals surface area contributed by atoms with E-state index in [4.69, 9.17) is 15.2 Å². The Morgan fingerprint density at radius 1 is 1.24 bits per heavy atom. The zero-order chi connectivity index (χ0) is 23.1. The predicted octanol–water partition coefficient (Wildman–Crippen LogP) is 2.44. The van der Waals surface area contributed by atoms with Gasteiger partial charge in [-0.2, -0.15) is 8.78 Å². The number of fused-ring (bicyclic) bond motifs is 3. The molecule has 2 aromatic rings. The van der Waals surface area contributed by atoms with Gasteiger partial charge in [0.1, 0.15) is 11.6 Å². The second-order valence-corrected chi connectivity index (χ2v) is 7.89. The minimum atomic E-state index is -2.94. The van der Waals surface area contributed by atoms with Crippen molar-refractivity contribution >= 4 is 22.6 Å². The van der Waals surface area contributed by atoms with Gasteiger partial charge in [-0.05, 0) is 23.3 Å². The fraction of sp³-hybridized carbons (Fsp3) is 0.364. The molecule has 3 N–H and O–H groups in total. The molecule has 1 unspecified atom stereocenters. The van der Waals surface area contributed by atoms with Crippen LogP contribution in [0.25, 0.3) is 10.9 Å². The van der Waals surface area contributed by atoms with Crippen molar-refractivity contribution in [3.63, 3.8) is 0 Å². The van der Waals surface area contributed by atoms with E-state index in [9.17, 15) is 13.6 Å². The van der Waals surface area contributed by atoms with E-state index < -0.39 is 24.4 Å². The maximum Gasteiger partial charge on any atom is 0.388 e. The quantitative estimate of drug-likeness (QED) is 0.720. The summed E-state index contributed by atoms with van der Waals surface area (Å²) >= 11 is 0. The van der Waals surface area contributed by atoms with Gasteiger partial charge in [-0.25, -0.2) is 9.37 Å². The molecule has 11 heteroatoms. The van der Waals surface area contributed by atoms with Gasteiger partial charge in [0.25, 0.3) is 5.91 Å². The molecule has 1 aromatic carbocycles. The summed E-state index contributed by atoms with van der Waals surface area (Å²) in [5.41, 5.74) is 8.54. The molecule has 1 atom stereocenters. The number of pyridine rings is 1. The molecule has 1 aromatic heterocycles. The zero-order valence-electron chi connectivity index (χ0n) is 17.4. The molecule has 1 amide bonds. The van der Waals surface area contributed by atoms with E-state index in [-0.39, 0.29) is 31.1 Å². The van der Waals surface area contributed by atoms with Crippen LogP contribution in [0.4, 0.5) is 19.0 Å². The lowest BCUT2D eigenvalue weighted by Crippen LogP contribution is -2.51. The summed E-state index contributed by atoms with van der Waals surface area (Å²) in [7, 11) is 0. The molecular weight excluding hydrogens is 441 g/mol. The van der Waals surface area contributed by atoms with Gasteiger partial charge in [0, 0.05) is 30.1 Å². The largest absolute Gasteiger partial charge is 0.419 e. The van der Waals surface area contributed by atoms with Crippen molar-refractivity contribution in [3.05, 3.63) is 58.2 Å². The minimum absolute atomic E-state index is 0.0632. The number of nitrogens with one attached hydrogen (secondary N) is 1. The summed E-state index contributed by atoms with van der Waals surface area (Å²) in [6.07, 6.45) is 2.99. The summed E-state index contributed by atoms with van der Waals surface area (Å²) in [5, 5.41) is 3.38. The number of nitrogens with zero attached hydrogens (tertiary/aromatic N) is 2. The Balaban J connectivity index is 1.48. The summed E-state index contributed by atoms with van der Waals surface area (Å²) in [6, 6.07) is 2.23. The second kappa shape index (κ2) is 8.56. The third-order valence-corrected chi connectivity index (χ3v) is 6.00. The summed E-state index contributed by atoms with van der Waals surface area (Å²) in [4.78, 5) is 19.3. The number of benzene rings is 1. The number of ether oxygens (including phenoxy) is 3. The highest BCUT2D eigenvalue weighted by atomic mass is 19.3. The number of alkyl halides is 2. The Hall–Kier alpha value is -3.31. The topological polar surface area (TPSA) is 98.9 Å². The molecule has 0 aliphatic carbocycles. The highest BCUT2D eigenvalue weighted by Crippen LogP contribution is 2.33. The summed E-state index contributed by atoms with van der Waals surface area (Å²) < 4.78 is 55.3. The smallest absolute Gasteiger partial charge is 0.388 e. The molecule has 33 heavy (non-hydrogen) atoms. The van der Waals surface area contributed by atoms with E-state index in [1.807, 2.05) is 0 Å². The number of nitrogens with two attached hydrogens (primary N) is 1. The Bertz CT molecular complexity index is 1180. The lowest BCUT2D eigenvalue weighted by atomic mass is 9.99. The number of morpholine rings is 1. The van der Waals surface area contributed by atoms with Gasteiger partial charge in [0.15, 0.2) is 5.88 Å². The first-order chi connectivity index (χ1) is 15.9. The lowest BCUT2D eigenvalue weighted by Gasteiger charge is -2.38. The third-order valence-electron chi connectivity index (χ3n) is 6.00. The predicted molar refractivity (Wildman–Crippen MR) is 112 cm³/mol. The zero-order valence-corrected chi connectivity index (χ0v) is 17.4. The number of hydrogen-bond acceptors (Lipinski definition) is 7. The first-order valence-electron chi connectivity index (χ1n) is 10.4. The molecule has 174 valence electrons. The standard InChI is InChI=1S/C22H21F3N4O4/c23-16-6-17-12(14-8-32-9-15(14)20(26)28-17)5-13(16)21(30)29-3-4-31-10-18(29)11-1-2-19(27-7-11)33-22(24)25/h1-2,5-6,18,22,27H,3-4,7-10H2,(H2,26,28). The van der Waals surface area contributed by atoms with Crippen LogP contribution in [0.1, 0.15) is 21.5 Å². The average molecular weight is 462 g/mol. The molecule has 0 radical (unpaired) electrons. The first-order valence-corrected chi connectivity index (χ1v) is 10.4. The van der Waals surface area contributed by atoms with E-state index in [1.54, 1.807) is 6.08 Å². The van der Waals surface area contributed by atoms with Gasteiger partial charge < -0.3 is 30.2 Å². The SMILES string of the molecule is Nc1nc2cc(F)c(C(=O)N3CCOCC3C3=CC=C(OC(F)F)NC3)cc2c2c1COC2. The van der Waals surface area contributed by atoms with Crippen molar-refractivity contribution in [2.45, 2.75) is 25.9 Å². The number of aromatic nitrogens is 1. The second-order valence-electron chi connectivity index (χ2n) is 7.89. The number of anilines is 1. The van der Waals surface area contributed by atoms with E-state index in [0.717, 1.165) is 16.7 Å². The van der Waals surface area contributed by atoms with Gasteiger partial charge in [0.05, 0.1) is 43.5 Å². The molecule has 0 spiro atoms. The number of allylic oxidation sites excluding steroid dienone is 2. The maximum atomic E-state index is 15.0. The molecule has 0 bridgehead atoms. The maximum absolute atomic E-state index is 15.0. The van der Waals surface area contributed by atoms with Crippen LogP contribution in [-0.4, -0.2) is 54.7 Å².